The average Bonchev–Trinajstić information content (AvgIpc) is 2.93. The highest BCUT2D eigenvalue weighted by atomic mass is 16.2. The molecule has 3 fully saturated rings. The first-order valence-electron chi connectivity index (χ1n) is 13.2. The fraction of sp³-hybridized carbons (Fsp3) is 0.517. The third-order valence-electron chi connectivity index (χ3n) is 8.03. The van der Waals surface area contributed by atoms with Crippen LogP contribution in [0, 0.1) is 0 Å². The van der Waals surface area contributed by atoms with Crippen molar-refractivity contribution in [3.63, 3.8) is 0 Å². The highest BCUT2D eigenvalue weighted by Crippen LogP contribution is 2.29. The predicted octanol–water partition coefficient (Wildman–Crippen LogP) is 4.80. The average molecular weight is 460 g/mol. The summed E-state index contributed by atoms with van der Waals surface area (Å²) in [6, 6.07) is 18.4. The van der Waals surface area contributed by atoms with Gasteiger partial charge in [-0.1, -0.05) is 49.6 Å². The number of rotatable bonds is 4. The second-order valence-electron chi connectivity index (χ2n) is 10.2. The van der Waals surface area contributed by atoms with E-state index in [9.17, 15) is 9.59 Å². The molecule has 5 heteroatoms. The second kappa shape index (κ2) is 10.7. The zero-order valence-electron chi connectivity index (χ0n) is 20.2. The lowest BCUT2D eigenvalue weighted by Gasteiger charge is -2.40. The van der Waals surface area contributed by atoms with E-state index in [1.165, 1.54) is 37.7 Å². The van der Waals surface area contributed by atoms with Crippen LogP contribution in [-0.2, 0) is 0 Å². The number of nitrogens with zero attached hydrogens (tertiary/aromatic N) is 3. The van der Waals surface area contributed by atoms with E-state index in [1.54, 1.807) is 0 Å². The van der Waals surface area contributed by atoms with E-state index >= 15 is 0 Å². The van der Waals surface area contributed by atoms with Crippen molar-refractivity contribution in [3.8, 4) is 0 Å². The SMILES string of the molecule is O=C(c1cccc(C2CCCN(C(=O)c3ccccc3)C2)c1)N1CCN(C2CCCCC2)CC1. The molecule has 5 nitrogen and oxygen atoms in total. The molecule has 0 N–H and O–H groups in total. The van der Waals surface area contributed by atoms with Gasteiger partial charge in [0.1, 0.15) is 0 Å². The van der Waals surface area contributed by atoms with E-state index in [4.69, 9.17) is 0 Å². The molecule has 2 aromatic rings. The second-order valence-corrected chi connectivity index (χ2v) is 10.2. The van der Waals surface area contributed by atoms with Crippen molar-refractivity contribution >= 4 is 11.8 Å². The number of carbonyl (C=O) groups is 2. The van der Waals surface area contributed by atoms with Crippen molar-refractivity contribution in [2.75, 3.05) is 39.3 Å². The number of piperidine rings is 1. The Hall–Kier alpha value is -2.66. The van der Waals surface area contributed by atoms with E-state index in [0.29, 0.717) is 6.54 Å². The highest BCUT2D eigenvalue weighted by molar-refractivity contribution is 5.95. The van der Waals surface area contributed by atoms with Crippen LogP contribution < -0.4 is 0 Å². The van der Waals surface area contributed by atoms with Gasteiger partial charge in [-0.2, -0.15) is 0 Å². The van der Waals surface area contributed by atoms with Gasteiger partial charge in [-0.3, -0.25) is 14.5 Å². The first-order valence-corrected chi connectivity index (χ1v) is 13.2. The van der Waals surface area contributed by atoms with Gasteiger partial charge in [0.2, 0.25) is 0 Å². The minimum Gasteiger partial charge on any atom is -0.338 e. The Balaban J connectivity index is 1.21. The third kappa shape index (κ3) is 5.20. The molecular weight excluding hydrogens is 422 g/mol. The maximum atomic E-state index is 13.3. The molecule has 2 aromatic carbocycles. The summed E-state index contributed by atoms with van der Waals surface area (Å²) >= 11 is 0. The van der Waals surface area contributed by atoms with Crippen LogP contribution in [0.5, 0.6) is 0 Å². The molecular formula is C29H37N3O2. The molecule has 2 saturated heterocycles. The smallest absolute Gasteiger partial charge is 0.253 e. The van der Waals surface area contributed by atoms with Crippen LogP contribution in [0.25, 0.3) is 0 Å². The number of carbonyl (C=O) groups excluding carboxylic acids is 2. The number of hydrogen-bond acceptors (Lipinski definition) is 3. The van der Waals surface area contributed by atoms with E-state index in [-0.39, 0.29) is 17.7 Å². The van der Waals surface area contributed by atoms with Crippen molar-refractivity contribution in [1.82, 2.24) is 14.7 Å². The molecule has 3 aliphatic rings. The Bertz CT molecular complexity index is 978. The number of likely N-dealkylation sites (tertiary alicyclic amines) is 1. The predicted molar refractivity (Wildman–Crippen MR) is 135 cm³/mol. The molecule has 1 aliphatic carbocycles. The van der Waals surface area contributed by atoms with Crippen molar-refractivity contribution < 1.29 is 9.59 Å². The summed E-state index contributed by atoms with van der Waals surface area (Å²) in [5.41, 5.74) is 2.71. The summed E-state index contributed by atoms with van der Waals surface area (Å²) in [6.07, 6.45) is 8.77. The standard InChI is InChI=1S/C29H37N3O2/c33-28(23-9-3-1-4-10-23)32-16-8-13-26(22-32)24-11-7-12-25(21-24)29(34)31-19-17-30(18-20-31)27-14-5-2-6-15-27/h1,3-4,7,9-12,21,26-27H,2,5-6,8,13-20,22H2. The summed E-state index contributed by atoms with van der Waals surface area (Å²) in [5, 5.41) is 0. The molecule has 2 heterocycles. The summed E-state index contributed by atoms with van der Waals surface area (Å²) < 4.78 is 0. The zero-order valence-corrected chi connectivity index (χ0v) is 20.2. The Morgan fingerprint density at radius 3 is 2.12 bits per heavy atom. The summed E-state index contributed by atoms with van der Waals surface area (Å²) in [5.74, 6) is 0.531. The van der Waals surface area contributed by atoms with E-state index in [2.05, 4.69) is 17.0 Å². The van der Waals surface area contributed by atoms with Gasteiger partial charge in [-0.25, -0.2) is 0 Å². The molecule has 5 rings (SSSR count). The number of benzene rings is 2. The van der Waals surface area contributed by atoms with Gasteiger partial charge in [0.25, 0.3) is 11.8 Å². The number of amides is 2. The zero-order chi connectivity index (χ0) is 23.3. The quantitative estimate of drug-likeness (QED) is 0.660. The fourth-order valence-electron chi connectivity index (χ4n) is 6.04. The van der Waals surface area contributed by atoms with Gasteiger partial charge in [0, 0.05) is 62.4 Å². The molecule has 0 spiro atoms. The number of piperazine rings is 1. The van der Waals surface area contributed by atoms with Gasteiger partial charge in [0.15, 0.2) is 0 Å². The molecule has 1 atom stereocenters. The summed E-state index contributed by atoms with van der Waals surface area (Å²) in [4.78, 5) is 32.9. The van der Waals surface area contributed by atoms with E-state index < -0.39 is 0 Å². The van der Waals surface area contributed by atoms with Crippen molar-refractivity contribution in [3.05, 3.63) is 71.3 Å². The lowest BCUT2D eigenvalue weighted by molar-refractivity contribution is 0.0522. The molecule has 180 valence electrons. The minimum absolute atomic E-state index is 0.105. The lowest BCUT2D eigenvalue weighted by atomic mass is 9.89. The van der Waals surface area contributed by atoms with Gasteiger partial charge in [-0.15, -0.1) is 0 Å². The topological polar surface area (TPSA) is 43.9 Å². The monoisotopic (exact) mass is 459 g/mol. The van der Waals surface area contributed by atoms with Crippen LogP contribution in [0.1, 0.15) is 77.1 Å². The molecule has 0 bridgehead atoms. The minimum atomic E-state index is 0.105. The first kappa shape index (κ1) is 23.1. The van der Waals surface area contributed by atoms with Crippen molar-refractivity contribution in [1.29, 1.82) is 0 Å². The maximum Gasteiger partial charge on any atom is 0.253 e. The summed E-state index contributed by atoms with van der Waals surface area (Å²) in [7, 11) is 0. The van der Waals surface area contributed by atoms with Crippen LogP contribution in [-0.4, -0.2) is 71.8 Å². The molecule has 2 aliphatic heterocycles. The lowest BCUT2D eigenvalue weighted by Crippen LogP contribution is -2.52. The molecule has 0 aromatic heterocycles. The van der Waals surface area contributed by atoms with Crippen LogP contribution in [0.4, 0.5) is 0 Å². The Kier molecular flexibility index (Phi) is 7.29. The van der Waals surface area contributed by atoms with Crippen molar-refractivity contribution in [2.24, 2.45) is 0 Å². The van der Waals surface area contributed by atoms with E-state index in [0.717, 1.165) is 62.7 Å². The maximum absolute atomic E-state index is 13.3. The third-order valence-corrected chi connectivity index (χ3v) is 8.03. The summed E-state index contributed by atoms with van der Waals surface area (Å²) in [6.45, 7) is 5.15. The highest BCUT2D eigenvalue weighted by Gasteiger charge is 2.29. The molecule has 0 radical (unpaired) electrons. The largest absolute Gasteiger partial charge is 0.338 e. The van der Waals surface area contributed by atoms with Gasteiger partial charge >= 0.3 is 0 Å². The molecule has 1 saturated carbocycles. The van der Waals surface area contributed by atoms with Crippen LogP contribution in [0.15, 0.2) is 54.6 Å². The fourth-order valence-corrected chi connectivity index (χ4v) is 6.04. The first-order chi connectivity index (χ1) is 16.7. The van der Waals surface area contributed by atoms with Crippen LogP contribution >= 0.6 is 0 Å². The van der Waals surface area contributed by atoms with Gasteiger partial charge in [-0.05, 0) is 55.5 Å². The molecule has 34 heavy (non-hydrogen) atoms. The van der Waals surface area contributed by atoms with E-state index in [1.807, 2.05) is 52.3 Å². The number of hydrogen-bond donors (Lipinski definition) is 0. The normalized spacial score (nSPS) is 22.5. The van der Waals surface area contributed by atoms with Gasteiger partial charge in [0.05, 0.1) is 0 Å². The van der Waals surface area contributed by atoms with Crippen molar-refractivity contribution in [2.45, 2.75) is 56.9 Å². The Morgan fingerprint density at radius 1 is 0.647 bits per heavy atom. The Labute approximate surface area is 203 Å². The molecule has 2 amide bonds. The van der Waals surface area contributed by atoms with Crippen LogP contribution in [0.2, 0.25) is 0 Å². The van der Waals surface area contributed by atoms with Gasteiger partial charge < -0.3 is 9.80 Å². The molecule has 1 unspecified atom stereocenters. The Morgan fingerprint density at radius 2 is 1.35 bits per heavy atom. The van der Waals surface area contributed by atoms with Crippen LogP contribution in [0.3, 0.4) is 0 Å².